The molecule has 0 spiro atoms. The van der Waals surface area contributed by atoms with E-state index in [2.05, 4.69) is 39.6 Å². The van der Waals surface area contributed by atoms with Crippen molar-refractivity contribution in [2.24, 2.45) is 0 Å². The fourth-order valence-electron chi connectivity index (χ4n) is 3.02. The van der Waals surface area contributed by atoms with Crippen molar-refractivity contribution in [1.29, 1.82) is 0 Å². The zero-order chi connectivity index (χ0) is 19.9. The van der Waals surface area contributed by atoms with Crippen LogP contribution >= 0.6 is 12.2 Å². The number of benzene rings is 2. The molecule has 1 heterocycles. The lowest BCUT2D eigenvalue weighted by molar-refractivity contribution is -0.121. The topological polar surface area (TPSA) is 66.0 Å². The van der Waals surface area contributed by atoms with Gasteiger partial charge in [0.05, 0.1) is 0 Å². The van der Waals surface area contributed by atoms with Crippen molar-refractivity contribution in [3.63, 3.8) is 0 Å². The van der Waals surface area contributed by atoms with Gasteiger partial charge in [0.2, 0.25) is 5.91 Å². The number of anilines is 1. The van der Waals surface area contributed by atoms with Crippen molar-refractivity contribution in [2.75, 3.05) is 25.0 Å². The number of hydrogen-bond donors (Lipinski definition) is 2. The second kappa shape index (κ2) is 9.32. The highest BCUT2D eigenvalue weighted by Crippen LogP contribution is 2.18. The van der Waals surface area contributed by atoms with Crippen molar-refractivity contribution in [2.45, 2.75) is 19.9 Å². The van der Waals surface area contributed by atoms with E-state index < -0.39 is 0 Å². The third-order valence-electron chi connectivity index (χ3n) is 4.53. The molecule has 0 bridgehead atoms. The number of rotatable bonds is 8. The van der Waals surface area contributed by atoms with E-state index in [1.165, 1.54) is 5.69 Å². The number of aryl methyl sites for hydroxylation is 1. The number of amides is 1. The van der Waals surface area contributed by atoms with Gasteiger partial charge in [0.15, 0.2) is 10.6 Å². The first kappa shape index (κ1) is 19.8. The van der Waals surface area contributed by atoms with Crippen molar-refractivity contribution in [3.05, 3.63) is 64.9 Å². The minimum atomic E-state index is -0.0752. The number of hydrogen-bond acceptors (Lipinski definition) is 4. The Balaban J connectivity index is 1.53. The largest absolute Gasteiger partial charge is 0.375 e. The lowest BCUT2D eigenvalue weighted by Crippen LogP contribution is -2.31. The van der Waals surface area contributed by atoms with Gasteiger partial charge in [-0.3, -0.25) is 14.5 Å². The molecular formula is C21H25N5OS. The van der Waals surface area contributed by atoms with E-state index in [9.17, 15) is 4.79 Å². The van der Waals surface area contributed by atoms with Crippen LogP contribution in [0.25, 0.3) is 11.4 Å². The molecule has 28 heavy (non-hydrogen) atoms. The minimum absolute atomic E-state index is 0.0752. The molecule has 146 valence electrons. The van der Waals surface area contributed by atoms with Crippen LogP contribution in [0.5, 0.6) is 0 Å². The molecule has 0 aliphatic rings. The maximum absolute atomic E-state index is 12.4. The molecule has 3 rings (SSSR count). The Morgan fingerprint density at radius 1 is 1.21 bits per heavy atom. The van der Waals surface area contributed by atoms with Crippen LogP contribution < -0.4 is 10.2 Å². The lowest BCUT2D eigenvalue weighted by Gasteiger charge is -2.19. The summed E-state index contributed by atoms with van der Waals surface area (Å²) in [5.41, 5.74) is 3.23. The minimum Gasteiger partial charge on any atom is -0.375 e. The standard InChI is InChI=1S/C21H25N5OS/c1-16-8-6-9-17(14-16)20-23-24-21(28)26(20)15-19(27)22-12-7-13-25(2)18-10-4-3-5-11-18/h3-6,8-11,14H,7,12-13,15H2,1-2H3,(H,22,27)(H,24,28). The molecule has 1 aromatic heterocycles. The summed E-state index contributed by atoms with van der Waals surface area (Å²) in [5.74, 6) is 0.599. The SMILES string of the molecule is Cc1cccc(-c2n[nH]c(=S)n2CC(=O)NCCCN(C)c2ccccc2)c1. The number of nitrogens with zero attached hydrogens (tertiary/aromatic N) is 3. The Hall–Kier alpha value is -2.93. The van der Waals surface area contributed by atoms with Gasteiger partial charge >= 0.3 is 0 Å². The summed E-state index contributed by atoms with van der Waals surface area (Å²) in [5, 5.41) is 10.1. The van der Waals surface area contributed by atoms with E-state index in [1.807, 2.05) is 49.4 Å². The van der Waals surface area contributed by atoms with E-state index in [-0.39, 0.29) is 12.5 Å². The lowest BCUT2D eigenvalue weighted by atomic mass is 10.1. The number of H-pyrrole nitrogens is 1. The molecule has 6 nitrogen and oxygen atoms in total. The van der Waals surface area contributed by atoms with Gasteiger partial charge in [-0.05, 0) is 43.8 Å². The fourth-order valence-corrected chi connectivity index (χ4v) is 3.22. The summed E-state index contributed by atoms with van der Waals surface area (Å²) in [6.45, 7) is 3.65. The van der Waals surface area contributed by atoms with Crippen LogP contribution in [-0.2, 0) is 11.3 Å². The summed E-state index contributed by atoms with van der Waals surface area (Å²) in [6, 6.07) is 18.2. The highest BCUT2D eigenvalue weighted by molar-refractivity contribution is 7.71. The Bertz CT molecular complexity index is 980. The van der Waals surface area contributed by atoms with Crippen molar-refractivity contribution >= 4 is 23.8 Å². The molecule has 1 amide bonds. The van der Waals surface area contributed by atoms with E-state index in [0.29, 0.717) is 17.1 Å². The zero-order valence-corrected chi connectivity index (χ0v) is 17.0. The molecule has 0 radical (unpaired) electrons. The summed E-state index contributed by atoms with van der Waals surface area (Å²) in [6.07, 6.45) is 0.860. The number of nitrogens with one attached hydrogen (secondary N) is 2. The second-order valence-corrected chi connectivity index (χ2v) is 7.16. The molecule has 0 fully saturated rings. The molecule has 0 aliphatic carbocycles. The molecular weight excluding hydrogens is 370 g/mol. The molecule has 2 N–H and O–H groups in total. The fraction of sp³-hybridized carbons (Fsp3) is 0.286. The third kappa shape index (κ3) is 5.07. The Kier molecular flexibility index (Phi) is 6.60. The average Bonchev–Trinajstić information content (AvgIpc) is 3.06. The third-order valence-corrected chi connectivity index (χ3v) is 4.84. The number of carbonyl (C=O) groups excluding carboxylic acids is 1. The molecule has 0 aliphatic heterocycles. The first-order valence-corrected chi connectivity index (χ1v) is 9.70. The highest BCUT2D eigenvalue weighted by atomic mass is 32.1. The van der Waals surface area contributed by atoms with Gasteiger partial charge in [-0.1, -0.05) is 42.0 Å². The van der Waals surface area contributed by atoms with Crippen LogP contribution in [0.3, 0.4) is 0 Å². The average molecular weight is 396 g/mol. The highest BCUT2D eigenvalue weighted by Gasteiger charge is 2.12. The molecule has 0 atom stereocenters. The number of carbonyl (C=O) groups is 1. The van der Waals surface area contributed by atoms with Gasteiger partial charge in [-0.15, -0.1) is 0 Å². The molecule has 0 saturated heterocycles. The monoisotopic (exact) mass is 395 g/mol. The summed E-state index contributed by atoms with van der Waals surface area (Å²) in [7, 11) is 2.05. The Morgan fingerprint density at radius 2 is 2.00 bits per heavy atom. The van der Waals surface area contributed by atoms with E-state index in [0.717, 1.165) is 24.1 Å². The van der Waals surface area contributed by atoms with Gasteiger partial charge in [-0.25, -0.2) is 0 Å². The van der Waals surface area contributed by atoms with Gasteiger partial charge in [0.1, 0.15) is 6.54 Å². The predicted molar refractivity (Wildman–Crippen MR) is 115 cm³/mol. The van der Waals surface area contributed by atoms with E-state index in [1.54, 1.807) is 4.57 Å². The molecule has 0 unspecified atom stereocenters. The summed E-state index contributed by atoms with van der Waals surface area (Å²) in [4.78, 5) is 14.6. The van der Waals surface area contributed by atoms with Crippen LogP contribution in [0.2, 0.25) is 0 Å². The zero-order valence-electron chi connectivity index (χ0n) is 16.2. The van der Waals surface area contributed by atoms with Gasteiger partial charge in [-0.2, -0.15) is 5.10 Å². The van der Waals surface area contributed by atoms with Crippen LogP contribution in [0.1, 0.15) is 12.0 Å². The summed E-state index contributed by atoms with van der Waals surface area (Å²) >= 11 is 5.31. The van der Waals surface area contributed by atoms with Gasteiger partial charge in [0, 0.05) is 31.4 Å². The van der Waals surface area contributed by atoms with Gasteiger partial charge in [0.25, 0.3) is 0 Å². The Morgan fingerprint density at radius 3 is 2.75 bits per heavy atom. The van der Waals surface area contributed by atoms with Crippen molar-refractivity contribution in [3.8, 4) is 11.4 Å². The summed E-state index contributed by atoms with van der Waals surface area (Å²) < 4.78 is 2.17. The maximum atomic E-state index is 12.4. The molecule has 2 aromatic carbocycles. The molecule has 3 aromatic rings. The second-order valence-electron chi connectivity index (χ2n) is 6.77. The smallest absolute Gasteiger partial charge is 0.240 e. The normalized spacial score (nSPS) is 10.6. The van der Waals surface area contributed by atoms with Gasteiger partial charge < -0.3 is 10.2 Å². The number of aromatic nitrogens is 3. The van der Waals surface area contributed by atoms with E-state index in [4.69, 9.17) is 12.2 Å². The van der Waals surface area contributed by atoms with Crippen LogP contribution in [0, 0.1) is 11.7 Å². The Labute approximate surface area is 170 Å². The van der Waals surface area contributed by atoms with Crippen LogP contribution in [-0.4, -0.2) is 40.8 Å². The number of para-hydroxylation sites is 1. The van der Waals surface area contributed by atoms with Crippen LogP contribution in [0.4, 0.5) is 5.69 Å². The number of aromatic amines is 1. The molecule has 7 heteroatoms. The maximum Gasteiger partial charge on any atom is 0.240 e. The predicted octanol–water partition coefficient (Wildman–Crippen LogP) is 3.56. The van der Waals surface area contributed by atoms with Crippen molar-refractivity contribution < 1.29 is 4.79 Å². The first-order valence-electron chi connectivity index (χ1n) is 9.30. The quantitative estimate of drug-likeness (QED) is 0.452. The van der Waals surface area contributed by atoms with E-state index >= 15 is 0 Å². The van der Waals surface area contributed by atoms with Crippen molar-refractivity contribution in [1.82, 2.24) is 20.1 Å². The molecule has 0 saturated carbocycles. The van der Waals surface area contributed by atoms with Crippen LogP contribution in [0.15, 0.2) is 54.6 Å². The first-order chi connectivity index (χ1) is 13.5.